The van der Waals surface area contributed by atoms with Gasteiger partial charge in [0.2, 0.25) is 5.91 Å². The number of aromatic nitrogens is 2. The van der Waals surface area contributed by atoms with Gasteiger partial charge < -0.3 is 9.80 Å². The first-order valence-corrected chi connectivity index (χ1v) is 8.76. The molecule has 3 rings (SSSR count). The van der Waals surface area contributed by atoms with Gasteiger partial charge in [-0.3, -0.25) is 9.59 Å². The van der Waals surface area contributed by atoms with Crippen LogP contribution >= 0.6 is 11.6 Å². The molecule has 0 unspecified atom stereocenters. The Hall–Kier alpha value is -2.41. The first-order valence-electron chi connectivity index (χ1n) is 8.39. The fourth-order valence-electron chi connectivity index (χ4n) is 3.05. The van der Waals surface area contributed by atoms with Gasteiger partial charge in [-0.25, -0.2) is 9.07 Å². The van der Waals surface area contributed by atoms with Crippen LogP contribution in [-0.4, -0.2) is 57.6 Å². The molecule has 1 aromatic carbocycles. The van der Waals surface area contributed by atoms with Gasteiger partial charge in [-0.2, -0.15) is 5.10 Å². The molecule has 8 heteroatoms. The van der Waals surface area contributed by atoms with Gasteiger partial charge in [-0.05, 0) is 24.6 Å². The van der Waals surface area contributed by atoms with Crippen molar-refractivity contribution in [2.75, 3.05) is 26.2 Å². The number of hydrogen-bond acceptors (Lipinski definition) is 3. The van der Waals surface area contributed by atoms with Crippen LogP contribution in [0, 0.1) is 12.7 Å². The van der Waals surface area contributed by atoms with E-state index in [-0.39, 0.29) is 22.8 Å². The number of carbonyl (C=O) groups is 2. The SMILES string of the molecule is CC(=O)N1CCN(C(=O)c2c(C)nn(Cc3ccc(F)cc3)c2Cl)CC1. The predicted octanol–water partition coefficient (Wildman–Crippen LogP) is 2.34. The smallest absolute Gasteiger partial charge is 0.259 e. The standard InChI is InChI=1S/C18H20ClFN4O2/c1-12-16(18(26)23-9-7-22(8-10-23)13(2)25)17(19)24(21-12)11-14-3-5-15(20)6-4-14/h3-6H,7-11H2,1-2H3. The Balaban J connectivity index is 1.76. The van der Waals surface area contributed by atoms with E-state index in [2.05, 4.69) is 5.10 Å². The van der Waals surface area contributed by atoms with Crippen molar-refractivity contribution in [1.82, 2.24) is 19.6 Å². The molecule has 1 saturated heterocycles. The highest BCUT2D eigenvalue weighted by molar-refractivity contribution is 6.33. The molecule has 1 aliphatic heterocycles. The summed E-state index contributed by atoms with van der Waals surface area (Å²) in [5.74, 6) is -0.475. The number of halogens is 2. The summed E-state index contributed by atoms with van der Waals surface area (Å²) in [7, 11) is 0. The zero-order chi connectivity index (χ0) is 18.8. The monoisotopic (exact) mass is 378 g/mol. The van der Waals surface area contributed by atoms with E-state index in [1.807, 2.05) is 0 Å². The lowest BCUT2D eigenvalue weighted by atomic mass is 10.2. The summed E-state index contributed by atoms with van der Waals surface area (Å²) in [6.45, 7) is 5.59. The van der Waals surface area contributed by atoms with E-state index in [0.29, 0.717) is 44.0 Å². The molecule has 6 nitrogen and oxygen atoms in total. The quantitative estimate of drug-likeness (QED) is 0.823. The molecule has 0 spiro atoms. The zero-order valence-corrected chi connectivity index (χ0v) is 15.5. The van der Waals surface area contributed by atoms with E-state index >= 15 is 0 Å². The maximum atomic E-state index is 13.0. The number of rotatable bonds is 3. The van der Waals surface area contributed by atoms with Gasteiger partial charge in [-0.1, -0.05) is 23.7 Å². The maximum Gasteiger partial charge on any atom is 0.259 e. The van der Waals surface area contributed by atoms with Crippen molar-refractivity contribution in [3.8, 4) is 0 Å². The first kappa shape index (κ1) is 18.4. The lowest BCUT2D eigenvalue weighted by molar-refractivity contribution is -0.130. The number of piperazine rings is 1. The molecule has 0 bridgehead atoms. The van der Waals surface area contributed by atoms with Crippen LogP contribution in [0.25, 0.3) is 0 Å². The predicted molar refractivity (Wildman–Crippen MR) is 95.6 cm³/mol. The van der Waals surface area contributed by atoms with Crippen LogP contribution in [0.1, 0.15) is 28.5 Å². The summed E-state index contributed by atoms with van der Waals surface area (Å²) < 4.78 is 14.6. The molecular formula is C18H20ClFN4O2. The average Bonchev–Trinajstić information content (AvgIpc) is 2.90. The molecule has 0 aliphatic carbocycles. The molecule has 0 N–H and O–H groups in total. The fraction of sp³-hybridized carbons (Fsp3) is 0.389. The number of aryl methyl sites for hydroxylation is 1. The zero-order valence-electron chi connectivity index (χ0n) is 14.7. The highest BCUT2D eigenvalue weighted by atomic mass is 35.5. The minimum atomic E-state index is -0.308. The third kappa shape index (κ3) is 3.72. The van der Waals surface area contributed by atoms with Gasteiger partial charge in [-0.15, -0.1) is 0 Å². The van der Waals surface area contributed by atoms with Crippen LogP contribution in [0.5, 0.6) is 0 Å². The van der Waals surface area contributed by atoms with Gasteiger partial charge in [0.1, 0.15) is 11.0 Å². The van der Waals surface area contributed by atoms with Crippen LogP contribution < -0.4 is 0 Å². The number of amides is 2. The van der Waals surface area contributed by atoms with Crippen molar-refractivity contribution in [2.24, 2.45) is 0 Å². The van der Waals surface area contributed by atoms with Crippen molar-refractivity contribution >= 4 is 23.4 Å². The van der Waals surface area contributed by atoms with Crippen LogP contribution in [0.15, 0.2) is 24.3 Å². The second-order valence-electron chi connectivity index (χ2n) is 6.33. The maximum absolute atomic E-state index is 13.0. The molecule has 0 saturated carbocycles. The van der Waals surface area contributed by atoms with Crippen molar-refractivity contribution in [3.63, 3.8) is 0 Å². The first-order chi connectivity index (χ1) is 12.4. The Labute approximate surface area is 156 Å². The molecule has 1 aromatic heterocycles. The van der Waals surface area contributed by atoms with E-state index in [0.717, 1.165) is 5.56 Å². The van der Waals surface area contributed by atoms with Crippen LogP contribution in [0.4, 0.5) is 4.39 Å². The summed E-state index contributed by atoms with van der Waals surface area (Å²) in [6.07, 6.45) is 0. The lowest BCUT2D eigenvalue weighted by Gasteiger charge is -2.34. The highest BCUT2D eigenvalue weighted by Gasteiger charge is 2.28. The largest absolute Gasteiger partial charge is 0.339 e. The van der Waals surface area contributed by atoms with E-state index < -0.39 is 0 Å². The minimum absolute atomic E-state index is 0.0124. The minimum Gasteiger partial charge on any atom is -0.339 e. The Kier molecular flexibility index (Phi) is 5.27. The van der Waals surface area contributed by atoms with Gasteiger partial charge in [0.25, 0.3) is 5.91 Å². The number of benzene rings is 1. The van der Waals surface area contributed by atoms with Crippen molar-refractivity contribution < 1.29 is 14.0 Å². The third-order valence-corrected chi connectivity index (χ3v) is 4.92. The molecule has 2 amide bonds. The van der Waals surface area contributed by atoms with E-state index in [1.54, 1.807) is 33.5 Å². The van der Waals surface area contributed by atoms with E-state index in [4.69, 9.17) is 11.6 Å². The molecule has 2 aromatic rings. The second kappa shape index (κ2) is 7.45. The summed E-state index contributed by atoms with van der Waals surface area (Å²) in [5, 5.41) is 4.64. The van der Waals surface area contributed by atoms with Crippen molar-refractivity contribution in [1.29, 1.82) is 0 Å². The lowest BCUT2D eigenvalue weighted by Crippen LogP contribution is -2.50. The van der Waals surface area contributed by atoms with Crippen molar-refractivity contribution in [2.45, 2.75) is 20.4 Å². The normalized spacial score (nSPS) is 14.6. The van der Waals surface area contributed by atoms with Crippen LogP contribution in [-0.2, 0) is 11.3 Å². The van der Waals surface area contributed by atoms with Gasteiger partial charge >= 0.3 is 0 Å². The molecule has 138 valence electrons. The third-order valence-electron chi connectivity index (χ3n) is 4.54. The molecular weight excluding hydrogens is 359 g/mol. The number of carbonyl (C=O) groups excluding carboxylic acids is 2. The van der Waals surface area contributed by atoms with Gasteiger partial charge in [0.15, 0.2) is 0 Å². The summed E-state index contributed by atoms with van der Waals surface area (Å²) in [5.41, 5.74) is 1.77. The van der Waals surface area contributed by atoms with Gasteiger partial charge in [0.05, 0.1) is 17.8 Å². The summed E-state index contributed by atoms with van der Waals surface area (Å²) in [4.78, 5) is 27.7. The fourth-order valence-corrected chi connectivity index (χ4v) is 3.36. The average molecular weight is 379 g/mol. The molecule has 1 fully saturated rings. The van der Waals surface area contributed by atoms with E-state index in [1.165, 1.54) is 19.1 Å². The number of hydrogen-bond donors (Lipinski definition) is 0. The Morgan fingerprint density at radius 2 is 1.69 bits per heavy atom. The van der Waals surface area contributed by atoms with Crippen LogP contribution in [0.2, 0.25) is 5.15 Å². The van der Waals surface area contributed by atoms with Crippen molar-refractivity contribution in [3.05, 3.63) is 52.1 Å². The number of nitrogens with zero attached hydrogens (tertiary/aromatic N) is 4. The molecule has 2 heterocycles. The highest BCUT2D eigenvalue weighted by Crippen LogP contribution is 2.23. The molecule has 1 aliphatic rings. The molecule has 26 heavy (non-hydrogen) atoms. The van der Waals surface area contributed by atoms with Crippen LogP contribution in [0.3, 0.4) is 0 Å². The Morgan fingerprint density at radius 3 is 2.27 bits per heavy atom. The Morgan fingerprint density at radius 1 is 1.12 bits per heavy atom. The summed E-state index contributed by atoms with van der Waals surface area (Å²) >= 11 is 6.42. The molecule has 0 radical (unpaired) electrons. The topological polar surface area (TPSA) is 58.4 Å². The Bertz CT molecular complexity index is 826. The second-order valence-corrected chi connectivity index (χ2v) is 6.69. The summed E-state index contributed by atoms with van der Waals surface area (Å²) in [6, 6.07) is 6.07. The van der Waals surface area contributed by atoms with Gasteiger partial charge in [0, 0.05) is 33.1 Å². The molecule has 0 atom stereocenters. The van der Waals surface area contributed by atoms with E-state index in [9.17, 15) is 14.0 Å².